The van der Waals surface area contributed by atoms with Crippen LogP contribution in [0.25, 0.3) is 10.9 Å². The highest BCUT2D eigenvalue weighted by molar-refractivity contribution is 6.04. The number of benzene rings is 2. The van der Waals surface area contributed by atoms with Crippen LogP contribution in [0.4, 0.5) is 11.4 Å². The van der Waals surface area contributed by atoms with Crippen molar-refractivity contribution in [2.24, 2.45) is 5.92 Å². The lowest BCUT2D eigenvalue weighted by atomic mass is 10.1. The number of carbonyl (C=O) groups excluding carboxylic acids is 2. The van der Waals surface area contributed by atoms with Gasteiger partial charge >= 0.3 is 0 Å². The highest BCUT2D eigenvalue weighted by Gasteiger charge is 2.35. The van der Waals surface area contributed by atoms with Gasteiger partial charge in [-0.25, -0.2) is 0 Å². The van der Waals surface area contributed by atoms with E-state index in [4.69, 9.17) is 4.74 Å². The van der Waals surface area contributed by atoms with Gasteiger partial charge in [0.15, 0.2) is 0 Å². The SMILES string of the molecule is COc1cccc(N2CC(C(=O)Nc3cnc4ccccc4c3)CC2=O)c1. The highest BCUT2D eigenvalue weighted by Crippen LogP contribution is 2.28. The summed E-state index contributed by atoms with van der Waals surface area (Å²) >= 11 is 0. The van der Waals surface area contributed by atoms with Gasteiger partial charge < -0.3 is 15.0 Å². The minimum absolute atomic E-state index is 0.0694. The van der Waals surface area contributed by atoms with Crippen LogP contribution in [0.1, 0.15) is 6.42 Å². The molecule has 1 aromatic heterocycles. The third-order valence-electron chi connectivity index (χ3n) is 4.72. The van der Waals surface area contributed by atoms with Gasteiger partial charge in [0.05, 0.1) is 30.4 Å². The lowest BCUT2D eigenvalue weighted by Gasteiger charge is -2.17. The molecular weight excluding hydrogens is 342 g/mol. The number of fused-ring (bicyclic) bond motifs is 1. The van der Waals surface area contributed by atoms with Crippen LogP contribution in [0.2, 0.25) is 0 Å². The number of nitrogens with zero attached hydrogens (tertiary/aromatic N) is 2. The number of methoxy groups -OCH3 is 1. The number of aromatic nitrogens is 1. The molecule has 6 nitrogen and oxygen atoms in total. The Morgan fingerprint density at radius 3 is 2.89 bits per heavy atom. The largest absolute Gasteiger partial charge is 0.497 e. The number of hydrogen-bond donors (Lipinski definition) is 1. The van der Waals surface area contributed by atoms with Crippen molar-refractivity contribution >= 4 is 34.1 Å². The van der Waals surface area contributed by atoms with Gasteiger partial charge in [0, 0.05) is 30.1 Å². The third kappa shape index (κ3) is 3.46. The molecule has 1 atom stereocenters. The molecule has 1 aliphatic rings. The first-order valence-corrected chi connectivity index (χ1v) is 8.74. The molecule has 4 rings (SSSR count). The Morgan fingerprint density at radius 2 is 2.04 bits per heavy atom. The second-order valence-corrected chi connectivity index (χ2v) is 6.51. The average Bonchev–Trinajstić information content (AvgIpc) is 3.10. The Kier molecular flexibility index (Phi) is 4.46. The number of anilines is 2. The predicted molar refractivity (Wildman–Crippen MR) is 104 cm³/mol. The highest BCUT2D eigenvalue weighted by atomic mass is 16.5. The van der Waals surface area contributed by atoms with Crippen LogP contribution >= 0.6 is 0 Å². The summed E-state index contributed by atoms with van der Waals surface area (Å²) in [6.45, 7) is 0.346. The molecule has 0 bridgehead atoms. The molecule has 2 heterocycles. The van der Waals surface area contributed by atoms with E-state index in [0.717, 1.165) is 16.6 Å². The van der Waals surface area contributed by atoms with Crippen LogP contribution in [0.15, 0.2) is 60.8 Å². The van der Waals surface area contributed by atoms with Crippen molar-refractivity contribution < 1.29 is 14.3 Å². The van der Waals surface area contributed by atoms with Crippen molar-refractivity contribution in [3.63, 3.8) is 0 Å². The summed E-state index contributed by atoms with van der Waals surface area (Å²) in [7, 11) is 1.58. The van der Waals surface area contributed by atoms with Gasteiger partial charge in [-0.3, -0.25) is 14.6 Å². The Hall–Kier alpha value is -3.41. The lowest BCUT2D eigenvalue weighted by Crippen LogP contribution is -2.28. The van der Waals surface area contributed by atoms with Crippen LogP contribution in [0.3, 0.4) is 0 Å². The first kappa shape index (κ1) is 17.0. The predicted octanol–water partition coefficient (Wildman–Crippen LogP) is 3.24. The number of hydrogen-bond acceptors (Lipinski definition) is 4. The summed E-state index contributed by atoms with van der Waals surface area (Å²) in [5, 5.41) is 3.84. The van der Waals surface area contributed by atoms with E-state index in [1.54, 1.807) is 24.3 Å². The first-order chi connectivity index (χ1) is 13.1. The molecule has 3 aromatic rings. The minimum Gasteiger partial charge on any atom is -0.497 e. The average molecular weight is 361 g/mol. The molecule has 1 N–H and O–H groups in total. The summed E-state index contributed by atoms with van der Waals surface area (Å²) in [4.78, 5) is 31.0. The number of carbonyl (C=O) groups is 2. The summed E-state index contributed by atoms with van der Waals surface area (Å²) in [6.07, 6.45) is 1.82. The van der Waals surface area contributed by atoms with Crippen LogP contribution in [0, 0.1) is 5.92 Å². The molecule has 6 heteroatoms. The van der Waals surface area contributed by atoms with Crippen molar-refractivity contribution in [1.29, 1.82) is 0 Å². The van der Waals surface area contributed by atoms with Crippen molar-refractivity contribution in [3.05, 3.63) is 60.8 Å². The van der Waals surface area contributed by atoms with Crippen molar-refractivity contribution in [1.82, 2.24) is 4.98 Å². The molecule has 0 aliphatic carbocycles. The number of pyridine rings is 1. The van der Waals surface area contributed by atoms with Crippen molar-refractivity contribution in [3.8, 4) is 5.75 Å². The van der Waals surface area contributed by atoms with E-state index in [1.807, 2.05) is 48.5 Å². The zero-order valence-corrected chi connectivity index (χ0v) is 14.9. The zero-order valence-electron chi connectivity index (χ0n) is 14.9. The van der Waals surface area contributed by atoms with Gasteiger partial charge in [0.25, 0.3) is 0 Å². The second kappa shape index (κ2) is 7.07. The van der Waals surface area contributed by atoms with Crippen LogP contribution in [-0.4, -0.2) is 30.5 Å². The molecule has 1 aliphatic heterocycles. The van der Waals surface area contributed by atoms with E-state index in [-0.39, 0.29) is 18.2 Å². The summed E-state index contributed by atoms with van der Waals surface area (Å²) in [5.41, 5.74) is 2.24. The molecule has 0 radical (unpaired) electrons. The number of amides is 2. The van der Waals surface area contributed by atoms with Crippen LogP contribution in [0.5, 0.6) is 5.75 Å². The second-order valence-electron chi connectivity index (χ2n) is 6.51. The maximum absolute atomic E-state index is 12.7. The van der Waals surface area contributed by atoms with E-state index in [0.29, 0.717) is 18.0 Å². The minimum atomic E-state index is -0.407. The van der Waals surface area contributed by atoms with Gasteiger partial charge in [0.1, 0.15) is 5.75 Å². The van der Waals surface area contributed by atoms with Gasteiger partial charge in [-0.15, -0.1) is 0 Å². The molecule has 1 fully saturated rings. The van der Waals surface area contributed by atoms with E-state index < -0.39 is 5.92 Å². The molecule has 1 saturated heterocycles. The van der Waals surface area contributed by atoms with Gasteiger partial charge in [-0.2, -0.15) is 0 Å². The smallest absolute Gasteiger partial charge is 0.229 e. The molecule has 0 saturated carbocycles. The maximum atomic E-state index is 12.7. The number of para-hydroxylation sites is 1. The molecule has 1 unspecified atom stereocenters. The molecule has 2 amide bonds. The molecule has 0 spiro atoms. The molecular formula is C21H19N3O3. The fraction of sp³-hybridized carbons (Fsp3) is 0.190. The number of rotatable bonds is 4. The Morgan fingerprint density at radius 1 is 1.19 bits per heavy atom. The Bertz CT molecular complexity index is 1020. The fourth-order valence-electron chi connectivity index (χ4n) is 3.29. The molecule has 27 heavy (non-hydrogen) atoms. The van der Waals surface area contributed by atoms with Gasteiger partial charge in [-0.05, 0) is 24.3 Å². The fourth-order valence-corrected chi connectivity index (χ4v) is 3.29. The monoisotopic (exact) mass is 361 g/mol. The first-order valence-electron chi connectivity index (χ1n) is 8.74. The van der Waals surface area contributed by atoms with Gasteiger partial charge in [-0.1, -0.05) is 24.3 Å². The Balaban J connectivity index is 1.48. The van der Waals surface area contributed by atoms with E-state index >= 15 is 0 Å². The normalized spacial score (nSPS) is 16.6. The molecule has 136 valence electrons. The number of ether oxygens (including phenoxy) is 1. The Labute approximate surface area is 156 Å². The summed E-state index contributed by atoms with van der Waals surface area (Å²) in [5.74, 6) is 0.0245. The topological polar surface area (TPSA) is 71.5 Å². The summed E-state index contributed by atoms with van der Waals surface area (Å²) in [6, 6.07) is 16.9. The van der Waals surface area contributed by atoms with E-state index in [2.05, 4.69) is 10.3 Å². The maximum Gasteiger partial charge on any atom is 0.229 e. The lowest BCUT2D eigenvalue weighted by molar-refractivity contribution is -0.122. The van der Waals surface area contributed by atoms with Crippen LogP contribution in [-0.2, 0) is 9.59 Å². The van der Waals surface area contributed by atoms with Crippen LogP contribution < -0.4 is 15.0 Å². The molecule has 2 aromatic carbocycles. The van der Waals surface area contributed by atoms with E-state index in [1.165, 1.54) is 0 Å². The summed E-state index contributed by atoms with van der Waals surface area (Å²) < 4.78 is 5.21. The standard InChI is InChI=1S/C21H19N3O3/c1-27-18-7-4-6-17(11-18)24-13-15(10-20(24)25)21(26)23-16-9-14-5-2-3-8-19(14)22-12-16/h2-9,11-12,15H,10,13H2,1H3,(H,23,26). The van der Waals surface area contributed by atoms with Gasteiger partial charge in [0.2, 0.25) is 11.8 Å². The quantitative estimate of drug-likeness (QED) is 0.774. The van der Waals surface area contributed by atoms with Crippen molar-refractivity contribution in [2.75, 3.05) is 23.9 Å². The van der Waals surface area contributed by atoms with Crippen molar-refractivity contribution in [2.45, 2.75) is 6.42 Å². The number of nitrogens with one attached hydrogen (secondary N) is 1. The third-order valence-corrected chi connectivity index (χ3v) is 4.72. The van der Waals surface area contributed by atoms with E-state index in [9.17, 15) is 9.59 Å². The zero-order chi connectivity index (χ0) is 18.8.